The van der Waals surface area contributed by atoms with Gasteiger partial charge in [-0.3, -0.25) is 0 Å². The summed E-state index contributed by atoms with van der Waals surface area (Å²) in [5.41, 5.74) is 5.97. The molecule has 0 radical (unpaired) electrons. The van der Waals surface area contributed by atoms with Crippen molar-refractivity contribution in [3.05, 3.63) is 34.8 Å². The van der Waals surface area contributed by atoms with Crippen molar-refractivity contribution >= 4 is 32.4 Å². The SMILES string of the molecule is Nc1ccc2cc(Br)ccc2c1O. The number of hydrogen-bond donors (Lipinski definition) is 2. The number of hydrogen-bond acceptors (Lipinski definition) is 2. The molecule has 3 N–H and O–H groups in total. The Morgan fingerprint density at radius 1 is 1.15 bits per heavy atom. The molecule has 0 aliphatic rings. The summed E-state index contributed by atoms with van der Waals surface area (Å²) in [6.45, 7) is 0. The first-order chi connectivity index (χ1) is 6.18. The molecule has 0 unspecified atom stereocenters. The number of fused-ring (bicyclic) bond motifs is 1. The summed E-state index contributed by atoms with van der Waals surface area (Å²) in [5.74, 6) is 0.157. The zero-order chi connectivity index (χ0) is 9.42. The van der Waals surface area contributed by atoms with Crippen molar-refractivity contribution in [1.29, 1.82) is 0 Å². The van der Waals surface area contributed by atoms with E-state index in [2.05, 4.69) is 15.9 Å². The van der Waals surface area contributed by atoms with Gasteiger partial charge in [-0.15, -0.1) is 0 Å². The molecule has 0 amide bonds. The summed E-state index contributed by atoms with van der Waals surface area (Å²) in [6.07, 6.45) is 0. The van der Waals surface area contributed by atoms with Gasteiger partial charge in [0.15, 0.2) is 0 Å². The first kappa shape index (κ1) is 8.38. The van der Waals surface area contributed by atoms with Gasteiger partial charge in [0.05, 0.1) is 5.69 Å². The summed E-state index contributed by atoms with van der Waals surface area (Å²) >= 11 is 3.36. The minimum absolute atomic E-state index is 0.157. The third-order valence-corrected chi connectivity index (χ3v) is 2.48. The second-order valence-corrected chi connectivity index (χ2v) is 3.78. The van der Waals surface area contributed by atoms with Crippen LogP contribution in [0.15, 0.2) is 34.8 Å². The molecule has 13 heavy (non-hydrogen) atoms. The van der Waals surface area contributed by atoms with Crippen LogP contribution in [0.25, 0.3) is 10.8 Å². The van der Waals surface area contributed by atoms with Gasteiger partial charge in [-0.25, -0.2) is 0 Å². The van der Waals surface area contributed by atoms with Crippen LogP contribution in [0, 0.1) is 0 Å². The minimum atomic E-state index is 0.157. The van der Waals surface area contributed by atoms with Crippen molar-refractivity contribution in [3.8, 4) is 5.75 Å². The Kier molecular flexibility index (Phi) is 1.88. The second kappa shape index (κ2) is 2.92. The molecule has 3 heteroatoms. The summed E-state index contributed by atoms with van der Waals surface area (Å²) in [7, 11) is 0. The lowest BCUT2D eigenvalue weighted by Gasteiger charge is -2.03. The van der Waals surface area contributed by atoms with Crippen LogP contribution in [-0.4, -0.2) is 5.11 Å². The lowest BCUT2D eigenvalue weighted by molar-refractivity contribution is 0.484. The fraction of sp³-hybridized carbons (Fsp3) is 0. The van der Waals surface area contributed by atoms with Crippen molar-refractivity contribution in [2.45, 2.75) is 0 Å². The fourth-order valence-corrected chi connectivity index (χ4v) is 1.68. The van der Waals surface area contributed by atoms with Gasteiger partial charge >= 0.3 is 0 Å². The molecule has 2 aromatic carbocycles. The summed E-state index contributed by atoms with van der Waals surface area (Å²) in [6, 6.07) is 9.24. The molecule has 0 saturated heterocycles. The number of nitrogens with two attached hydrogens (primary N) is 1. The molecule has 0 aliphatic carbocycles. The van der Waals surface area contributed by atoms with E-state index in [0.717, 1.165) is 15.2 Å². The number of benzene rings is 2. The quantitative estimate of drug-likeness (QED) is 0.547. The zero-order valence-electron chi connectivity index (χ0n) is 6.79. The van der Waals surface area contributed by atoms with Gasteiger partial charge in [0.2, 0.25) is 0 Å². The van der Waals surface area contributed by atoms with Crippen LogP contribution in [0.4, 0.5) is 5.69 Å². The van der Waals surface area contributed by atoms with Crippen LogP contribution in [0.3, 0.4) is 0 Å². The van der Waals surface area contributed by atoms with Crippen LogP contribution < -0.4 is 5.73 Å². The lowest BCUT2D eigenvalue weighted by atomic mass is 10.1. The second-order valence-electron chi connectivity index (χ2n) is 2.87. The van der Waals surface area contributed by atoms with E-state index in [4.69, 9.17) is 5.73 Å². The number of phenolic OH excluding ortho intramolecular Hbond substituents is 1. The van der Waals surface area contributed by atoms with Crippen LogP contribution in [0.5, 0.6) is 5.75 Å². The lowest BCUT2D eigenvalue weighted by Crippen LogP contribution is -1.85. The van der Waals surface area contributed by atoms with E-state index < -0.39 is 0 Å². The summed E-state index contributed by atoms with van der Waals surface area (Å²) in [5, 5.41) is 11.4. The van der Waals surface area contributed by atoms with Gasteiger partial charge in [-0.1, -0.05) is 22.0 Å². The maximum atomic E-state index is 9.61. The predicted molar refractivity (Wildman–Crippen MR) is 57.7 cm³/mol. The van der Waals surface area contributed by atoms with E-state index in [1.807, 2.05) is 24.3 Å². The Morgan fingerprint density at radius 2 is 1.92 bits per heavy atom. The molecular weight excluding hydrogens is 230 g/mol. The minimum Gasteiger partial charge on any atom is -0.505 e. The third-order valence-electron chi connectivity index (χ3n) is 1.98. The molecule has 0 saturated carbocycles. The number of halogens is 1. The van der Waals surface area contributed by atoms with Crippen LogP contribution in [-0.2, 0) is 0 Å². The molecule has 0 fully saturated rings. The van der Waals surface area contributed by atoms with E-state index >= 15 is 0 Å². The van der Waals surface area contributed by atoms with Gasteiger partial charge < -0.3 is 10.8 Å². The molecule has 0 aromatic heterocycles. The topological polar surface area (TPSA) is 46.2 Å². The van der Waals surface area contributed by atoms with E-state index in [0.29, 0.717) is 5.69 Å². The van der Waals surface area contributed by atoms with Crippen molar-refractivity contribution in [2.75, 3.05) is 5.73 Å². The van der Waals surface area contributed by atoms with E-state index in [-0.39, 0.29) is 5.75 Å². The zero-order valence-corrected chi connectivity index (χ0v) is 8.38. The van der Waals surface area contributed by atoms with Crippen molar-refractivity contribution in [2.24, 2.45) is 0 Å². The van der Waals surface area contributed by atoms with Crippen molar-refractivity contribution < 1.29 is 5.11 Å². The van der Waals surface area contributed by atoms with Crippen molar-refractivity contribution in [1.82, 2.24) is 0 Å². The standard InChI is InChI=1S/C10H8BrNO/c11-7-2-3-8-6(5-7)1-4-9(12)10(8)13/h1-5,13H,12H2. The maximum absolute atomic E-state index is 9.61. The Balaban J connectivity index is 2.87. The molecule has 66 valence electrons. The highest BCUT2D eigenvalue weighted by atomic mass is 79.9. The molecule has 0 bridgehead atoms. The Labute approximate surface area is 84.1 Å². The molecule has 2 nitrogen and oxygen atoms in total. The maximum Gasteiger partial charge on any atom is 0.146 e. The highest BCUT2D eigenvalue weighted by Gasteiger charge is 2.02. The Morgan fingerprint density at radius 3 is 2.69 bits per heavy atom. The number of anilines is 1. The highest BCUT2D eigenvalue weighted by Crippen LogP contribution is 2.31. The monoisotopic (exact) mass is 237 g/mol. The Hall–Kier alpha value is -1.22. The molecule has 0 atom stereocenters. The van der Waals surface area contributed by atoms with Crippen LogP contribution in [0.1, 0.15) is 0 Å². The molecule has 0 spiro atoms. The van der Waals surface area contributed by atoms with Crippen LogP contribution >= 0.6 is 15.9 Å². The normalized spacial score (nSPS) is 10.5. The average Bonchev–Trinajstić information content (AvgIpc) is 2.12. The van der Waals surface area contributed by atoms with Gasteiger partial charge in [0.1, 0.15) is 5.75 Å². The first-order valence-electron chi connectivity index (χ1n) is 3.85. The van der Waals surface area contributed by atoms with Gasteiger partial charge in [0.25, 0.3) is 0 Å². The van der Waals surface area contributed by atoms with Crippen molar-refractivity contribution in [3.63, 3.8) is 0 Å². The molecular formula is C10H8BrNO. The summed E-state index contributed by atoms with van der Waals surface area (Å²) < 4.78 is 0.990. The van der Waals surface area contributed by atoms with Gasteiger partial charge in [-0.05, 0) is 29.7 Å². The summed E-state index contributed by atoms with van der Waals surface area (Å²) in [4.78, 5) is 0. The first-order valence-corrected chi connectivity index (χ1v) is 4.64. The Bertz CT molecular complexity index is 468. The molecule has 2 aromatic rings. The third kappa shape index (κ3) is 1.35. The van der Waals surface area contributed by atoms with E-state index in [9.17, 15) is 5.11 Å². The number of nitrogen functional groups attached to an aromatic ring is 1. The number of phenols is 1. The highest BCUT2D eigenvalue weighted by molar-refractivity contribution is 9.10. The molecule has 0 heterocycles. The van der Waals surface area contributed by atoms with E-state index in [1.165, 1.54) is 0 Å². The van der Waals surface area contributed by atoms with E-state index in [1.54, 1.807) is 6.07 Å². The number of rotatable bonds is 0. The van der Waals surface area contributed by atoms with Gasteiger partial charge in [0, 0.05) is 9.86 Å². The number of aromatic hydroxyl groups is 1. The predicted octanol–water partition coefficient (Wildman–Crippen LogP) is 2.89. The van der Waals surface area contributed by atoms with Gasteiger partial charge in [-0.2, -0.15) is 0 Å². The fourth-order valence-electron chi connectivity index (χ4n) is 1.30. The van der Waals surface area contributed by atoms with Crippen LogP contribution in [0.2, 0.25) is 0 Å². The largest absolute Gasteiger partial charge is 0.505 e. The molecule has 0 aliphatic heterocycles. The average molecular weight is 238 g/mol. The smallest absolute Gasteiger partial charge is 0.146 e. The molecule has 2 rings (SSSR count).